The van der Waals surface area contributed by atoms with Crippen LogP contribution in [0.3, 0.4) is 0 Å². The van der Waals surface area contributed by atoms with E-state index in [2.05, 4.69) is 63.4 Å². The van der Waals surface area contributed by atoms with Crippen LogP contribution in [-0.2, 0) is 0 Å². The summed E-state index contributed by atoms with van der Waals surface area (Å²) in [7, 11) is 0. The molecule has 1 heterocycles. The van der Waals surface area contributed by atoms with Crippen LogP contribution in [0.2, 0.25) is 0 Å². The number of fused-ring (bicyclic) bond motifs is 1. The Labute approximate surface area is 121 Å². The van der Waals surface area contributed by atoms with Crippen LogP contribution in [0.1, 0.15) is 33.4 Å². The van der Waals surface area contributed by atoms with Gasteiger partial charge in [0, 0.05) is 18.0 Å². The molecule has 0 aliphatic heterocycles. The molecule has 20 heavy (non-hydrogen) atoms. The fraction of sp³-hybridized carbons (Fsp3) is 0.389. The molecule has 0 atom stereocenters. The minimum absolute atomic E-state index is 0.502. The molecule has 0 aliphatic carbocycles. The molecular formula is C18H24N2. The molecule has 2 heteroatoms. The lowest BCUT2D eigenvalue weighted by Gasteiger charge is -2.15. The van der Waals surface area contributed by atoms with Crippen LogP contribution in [-0.4, -0.2) is 17.6 Å². The van der Waals surface area contributed by atoms with Crippen LogP contribution in [0.25, 0.3) is 17.0 Å². The van der Waals surface area contributed by atoms with Crippen molar-refractivity contribution < 1.29 is 0 Å². The monoisotopic (exact) mass is 268 g/mol. The number of hydrogen-bond donors (Lipinski definition) is 1. The second kappa shape index (κ2) is 6.67. The van der Waals surface area contributed by atoms with Gasteiger partial charge in [-0.05, 0) is 24.1 Å². The number of benzene rings is 1. The van der Waals surface area contributed by atoms with Crippen LogP contribution in [0, 0.1) is 5.92 Å². The third-order valence-electron chi connectivity index (χ3n) is 3.41. The molecule has 2 aromatic rings. The van der Waals surface area contributed by atoms with E-state index in [4.69, 9.17) is 4.98 Å². The molecule has 0 amide bonds. The van der Waals surface area contributed by atoms with Crippen molar-refractivity contribution in [2.45, 2.75) is 33.7 Å². The summed E-state index contributed by atoms with van der Waals surface area (Å²) in [6.45, 7) is 9.73. The van der Waals surface area contributed by atoms with E-state index in [9.17, 15) is 0 Å². The van der Waals surface area contributed by atoms with Crippen LogP contribution >= 0.6 is 0 Å². The molecule has 106 valence electrons. The molecule has 1 N–H and O–H groups in total. The maximum Gasteiger partial charge on any atom is 0.0709 e. The Kier molecular flexibility index (Phi) is 4.91. The number of aromatic nitrogens is 1. The van der Waals surface area contributed by atoms with Gasteiger partial charge in [-0.1, -0.05) is 57.5 Å². The quantitative estimate of drug-likeness (QED) is 0.876. The summed E-state index contributed by atoms with van der Waals surface area (Å²) >= 11 is 0. The van der Waals surface area contributed by atoms with E-state index < -0.39 is 0 Å². The first-order valence-corrected chi connectivity index (χ1v) is 7.36. The van der Waals surface area contributed by atoms with Gasteiger partial charge in [-0.2, -0.15) is 0 Å². The summed E-state index contributed by atoms with van der Waals surface area (Å²) in [6, 6.07) is 13.0. The van der Waals surface area contributed by atoms with Gasteiger partial charge in [-0.15, -0.1) is 0 Å². The minimum Gasteiger partial charge on any atom is -0.311 e. The van der Waals surface area contributed by atoms with Crippen molar-refractivity contribution in [3.05, 3.63) is 47.7 Å². The molecule has 0 saturated carbocycles. The van der Waals surface area contributed by atoms with Gasteiger partial charge in [-0.3, -0.25) is 0 Å². The van der Waals surface area contributed by atoms with E-state index in [1.54, 1.807) is 0 Å². The molecule has 1 aromatic carbocycles. The highest BCUT2D eigenvalue weighted by Gasteiger charge is 2.05. The van der Waals surface area contributed by atoms with Crippen molar-refractivity contribution in [3.8, 4) is 0 Å². The molecule has 0 unspecified atom stereocenters. The van der Waals surface area contributed by atoms with E-state index in [1.165, 1.54) is 11.0 Å². The lowest BCUT2D eigenvalue weighted by Crippen LogP contribution is -2.26. The van der Waals surface area contributed by atoms with Crippen molar-refractivity contribution in [2.24, 2.45) is 5.92 Å². The van der Waals surface area contributed by atoms with Crippen LogP contribution < -0.4 is 5.32 Å². The highest BCUT2D eigenvalue weighted by molar-refractivity contribution is 5.79. The summed E-state index contributed by atoms with van der Waals surface area (Å²) in [6.07, 6.45) is 2.21. The topological polar surface area (TPSA) is 24.9 Å². The molecular weight excluding hydrogens is 244 g/mol. The molecule has 0 spiro atoms. The highest BCUT2D eigenvalue weighted by Crippen LogP contribution is 2.16. The normalized spacial score (nSPS) is 12.6. The van der Waals surface area contributed by atoms with E-state index in [1.807, 2.05) is 12.1 Å². The number of nitrogens with zero attached hydrogens (tertiary/aromatic N) is 1. The lowest BCUT2D eigenvalue weighted by molar-refractivity contribution is 0.593. The Morgan fingerprint density at radius 2 is 1.85 bits per heavy atom. The van der Waals surface area contributed by atoms with Crippen molar-refractivity contribution >= 4 is 17.0 Å². The van der Waals surface area contributed by atoms with Crippen LogP contribution in [0.15, 0.2) is 42.0 Å². The number of nitrogens with one attached hydrogen (secondary N) is 1. The first kappa shape index (κ1) is 14.7. The van der Waals surface area contributed by atoms with Gasteiger partial charge >= 0.3 is 0 Å². The van der Waals surface area contributed by atoms with Crippen molar-refractivity contribution in [2.75, 3.05) is 6.54 Å². The number of hydrogen-bond acceptors (Lipinski definition) is 2. The fourth-order valence-corrected chi connectivity index (χ4v) is 2.10. The zero-order valence-corrected chi connectivity index (χ0v) is 12.9. The largest absolute Gasteiger partial charge is 0.311 e. The standard InChI is InChI=1S/C18H24N2/c1-13(2)16(12-19-14(3)4)11-17-10-9-15-7-5-6-8-18(15)20-17/h5-11,13-14,19H,12H2,1-4H3. The van der Waals surface area contributed by atoms with E-state index in [0.717, 1.165) is 17.8 Å². The first-order chi connectivity index (χ1) is 9.56. The van der Waals surface area contributed by atoms with Crippen molar-refractivity contribution in [1.82, 2.24) is 10.3 Å². The van der Waals surface area contributed by atoms with E-state index in [0.29, 0.717) is 12.0 Å². The highest BCUT2D eigenvalue weighted by atomic mass is 14.9. The summed E-state index contributed by atoms with van der Waals surface area (Å²) < 4.78 is 0. The van der Waals surface area contributed by atoms with E-state index >= 15 is 0 Å². The third-order valence-corrected chi connectivity index (χ3v) is 3.41. The second-order valence-electron chi connectivity index (χ2n) is 5.84. The van der Waals surface area contributed by atoms with Gasteiger partial charge in [0.25, 0.3) is 0 Å². The molecule has 0 saturated heterocycles. The van der Waals surface area contributed by atoms with Gasteiger partial charge in [0.2, 0.25) is 0 Å². The molecule has 0 aliphatic rings. The second-order valence-corrected chi connectivity index (χ2v) is 5.84. The molecule has 0 fully saturated rings. The molecule has 0 bridgehead atoms. The molecule has 2 rings (SSSR count). The smallest absolute Gasteiger partial charge is 0.0709 e. The van der Waals surface area contributed by atoms with Crippen LogP contribution in [0.4, 0.5) is 0 Å². The van der Waals surface area contributed by atoms with Gasteiger partial charge in [0.1, 0.15) is 0 Å². The number of para-hydroxylation sites is 1. The van der Waals surface area contributed by atoms with Gasteiger partial charge < -0.3 is 5.32 Å². The number of pyridine rings is 1. The maximum atomic E-state index is 4.72. The third kappa shape index (κ3) is 3.91. The Hall–Kier alpha value is -1.67. The Morgan fingerprint density at radius 1 is 1.10 bits per heavy atom. The van der Waals surface area contributed by atoms with Gasteiger partial charge in [0.15, 0.2) is 0 Å². The van der Waals surface area contributed by atoms with E-state index in [-0.39, 0.29) is 0 Å². The lowest BCUT2D eigenvalue weighted by atomic mass is 10.0. The molecule has 1 aromatic heterocycles. The predicted molar refractivity (Wildman–Crippen MR) is 87.7 cm³/mol. The fourth-order valence-electron chi connectivity index (χ4n) is 2.10. The Morgan fingerprint density at radius 3 is 2.55 bits per heavy atom. The van der Waals surface area contributed by atoms with Gasteiger partial charge in [-0.25, -0.2) is 4.98 Å². The van der Waals surface area contributed by atoms with Gasteiger partial charge in [0.05, 0.1) is 11.2 Å². The average Bonchev–Trinajstić information content (AvgIpc) is 2.42. The first-order valence-electron chi connectivity index (χ1n) is 7.36. The Bertz CT molecular complexity index is 597. The maximum absolute atomic E-state index is 4.72. The van der Waals surface area contributed by atoms with Crippen molar-refractivity contribution in [3.63, 3.8) is 0 Å². The zero-order chi connectivity index (χ0) is 14.5. The summed E-state index contributed by atoms with van der Waals surface area (Å²) in [5.41, 5.74) is 3.49. The summed E-state index contributed by atoms with van der Waals surface area (Å²) in [4.78, 5) is 4.72. The summed E-state index contributed by atoms with van der Waals surface area (Å²) in [5.74, 6) is 0.523. The number of rotatable bonds is 5. The summed E-state index contributed by atoms with van der Waals surface area (Å²) in [5, 5.41) is 4.68. The molecule has 2 nitrogen and oxygen atoms in total. The average molecular weight is 268 g/mol. The predicted octanol–water partition coefficient (Wildman–Crippen LogP) is 4.27. The Balaban J connectivity index is 2.27. The minimum atomic E-state index is 0.502. The molecule has 0 radical (unpaired) electrons. The van der Waals surface area contributed by atoms with Crippen molar-refractivity contribution in [1.29, 1.82) is 0 Å². The zero-order valence-electron chi connectivity index (χ0n) is 12.9. The SMILES string of the molecule is CC(C)NCC(=Cc1ccc2ccccc2n1)C(C)C. The van der Waals surface area contributed by atoms with Crippen LogP contribution in [0.5, 0.6) is 0 Å².